The summed E-state index contributed by atoms with van der Waals surface area (Å²) in [7, 11) is 1.52. The quantitative estimate of drug-likeness (QED) is 0.484. The van der Waals surface area contributed by atoms with E-state index in [9.17, 15) is 9.59 Å². The molecule has 3 aromatic rings. The second-order valence-electron chi connectivity index (χ2n) is 6.56. The molecule has 0 unspecified atom stereocenters. The summed E-state index contributed by atoms with van der Waals surface area (Å²) in [5.74, 6) is 0.561. The average Bonchev–Trinajstić information content (AvgIpc) is 3.22. The van der Waals surface area contributed by atoms with Crippen LogP contribution in [0.25, 0.3) is 5.69 Å². The smallest absolute Gasteiger partial charge is 0.257 e. The minimum Gasteiger partial charge on any atom is -0.493 e. The van der Waals surface area contributed by atoms with Gasteiger partial charge in [-0.3, -0.25) is 9.59 Å². The molecule has 0 radical (unpaired) electrons. The first kappa shape index (κ1) is 22.4. The molecule has 1 heterocycles. The number of halogens is 1. The van der Waals surface area contributed by atoms with Crippen LogP contribution >= 0.6 is 15.9 Å². The lowest BCUT2D eigenvalue weighted by Gasteiger charge is -2.12. The fourth-order valence-electron chi connectivity index (χ4n) is 2.82. The van der Waals surface area contributed by atoms with Crippen LogP contribution in [0.15, 0.2) is 59.3 Å². The van der Waals surface area contributed by atoms with Gasteiger partial charge in [-0.15, -0.1) is 0 Å². The Hall–Kier alpha value is -3.33. The minimum atomic E-state index is -0.202. The number of methoxy groups -OCH3 is 1. The van der Waals surface area contributed by atoms with E-state index in [4.69, 9.17) is 9.47 Å². The van der Waals surface area contributed by atoms with Gasteiger partial charge < -0.3 is 20.1 Å². The molecule has 0 spiro atoms. The highest BCUT2D eigenvalue weighted by molar-refractivity contribution is 9.10. The average molecular weight is 487 g/mol. The number of hydrogen-bond acceptors (Lipinski definition) is 5. The second-order valence-corrected chi connectivity index (χ2v) is 7.48. The van der Waals surface area contributed by atoms with Crippen molar-refractivity contribution in [2.75, 3.05) is 20.3 Å². The van der Waals surface area contributed by atoms with E-state index in [0.29, 0.717) is 30.2 Å². The van der Waals surface area contributed by atoms with Crippen LogP contribution < -0.4 is 20.1 Å². The van der Waals surface area contributed by atoms with Crippen molar-refractivity contribution in [1.82, 2.24) is 20.4 Å². The maximum Gasteiger partial charge on any atom is 0.257 e. The molecule has 3 rings (SSSR count). The number of nitrogens with zero attached hydrogens (tertiary/aromatic N) is 2. The molecule has 2 aromatic carbocycles. The molecule has 2 amide bonds. The molecule has 0 fully saturated rings. The summed E-state index contributed by atoms with van der Waals surface area (Å²) in [6.45, 7) is 2.61. The van der Waals surface area contributed by atoms with E-state index >= 15 is 0 Å². The molecule has 0 aliphatic heterocycles. The van der Waals surface area contributed by atoms with Crippen molar-refractivity contribution in [3.8, 4) is 17.2 Å². The molecule has 0 aliphatic rings. The maximum absolute atomic E-state index is 12.5. The van der Waals surface area contributed by atoms with Gasteiger partial charge in [-0.25, -0.2) is 4.68 Å². The van der Waals surface area contributed by atoms with Gasteiger partial charge in [-0.2, -0.15) is 5.10 Å². The Kier molecular flexibility index (Phi) is 7.66. The number of ether oxygens (including phenoxy) is 2. The van der Waals surface area contributed by atoms with Gasteiger partial charge in [0.05, 0.1) is 23.5 Å². The standard InChI is InChI=1S/C22H23BrN4O4/c1-3-24-21(28)14-31-19-9-4-15(10-20(19)30-2)11-25-22(29)16-5-7-18(8-6-16)27-13-17(23)12-26-27/h4-10,12-13H,3,11,14H2,1-2H3,(H,24,28)(H,25,29). The van der Waals surface area contributed by atoms with Gasteiger partial charge in [0.1, 0.15) is 0 Å². The van der Waals surface area contributed by atoms with Crippen LogP contribution in [0.1, 0.15) is 22.8 Å². The number of likely N-dealkylation sites (N-methyl/N-ethyl adjacent to an activating group) is 1. The van der Waals surface area contributed by atoms with E-state index in [1.165, 1.54) is 7.11 Å². The van der Waals surface area contributed by atoms with E-state index in [2.05, 4.69) is 31.7 Å². The number of rotatable bonds is 9. The van der Waals surface area contributed by atoms with Gasteiger partial charge >= 0.3 is 0 Å². The Morgan fingerprint density at radius 1 is 1.10 bits per heavy atom. The van der Waals surface area contributed by atoms with Crippen LogP contribution in [0, 0.1) is 0 Å². The molecule has 162 valence electrons. The number of aromatic nitrogens is 2. The molecule has 0 saturated heterocycles. The maximum atomic E-state index is 12.5. The van der Waals surface area contributed by atoms with E-state index < -0.39 is 0 Å². The van der Waals surface area contributed by atoms with Crippen LogP contribution in [0.3, 0.4) is 0 Å². The first-order chi connectivity index (χ1) is 15.0. The normalized spacial score (nSPS) is 10.4. The number of hydrogen-bond donors (Lipinski definition) is 2. The molecule has 0 atom stereocenters. The lowest BCUT2D eigenvalue weighted by atomic mass is 10.1. The lowest BCUT2D eigenvalue weighted by Crippen LogP contribution is -2.28. The third-order valence-corrected chi connectivity index (χ3v) is 4.77. The van der Waals surface area contributed by atoms with Gasteiger partial charge in [0, 0.05) is 24.8 Å². The van der Waals surface area contributed by atoms with Crippen molar-refractivity contribution in [2.45, 2.75) is 13.5 Å². The summed E-state index contributed by atoms with van der Waals surface area (Å²) in [4.78, 5) is 24.1. The Labute approximate surface area is 188 Å². The molecular formula is C22H23BrN4O4. The van der Waals surface area contributed by atoms with E-state index in [1.54, 1.807) is 35.1 Å². The Morgan fingerprint density at radius 3 is 2.52 bits per heavy atom. The van der Waals surface area contributed by atoms with Crippen molar-refractivity contribution >= 4 is 27.7 Å². The van der Waals surface area contributed by atoms with Gasteiger partial charge in [0.2, 0.25) is 0 Å². The van der Waals surface area contributed by atoms with Crippen LogP contribution in [-0.4, -0.2) is 41.9 Å². The highest BCUT2D eigenvalue weighted by atomic mass is 79.9. The third kappa shape index (κ3) is 6.08. The highest BCUT2D eigenvalue weighted by Gasteiger charge is 2.10. The number of benzene rings is 2. The number of carbonyl (C=O) groups excluding carboxylic acids is 2. The van der Waals surface area contributed by atoms with Gasteiger partial charge in [-0.05, 0) is 64.8 Å². The van der Waals surface area contributed by atoms with Crippen LogP contribution in [0.5, 0.6) is 11.5 Å². The first-order valence-corrected chi connectivity index (χ1v) is 10.4. The molecule has 8 nitrogen and oxygen atoms in total. The summed E-state index contributed by atoms with van der Waals surface area (Å²) < 4.78 is 13.4. The number of amides is 2. The van der Waals surface area contributed by atoms with Crippen LogP contribution in [-0.2, 0) is 11.3 Å². The molecule has 31 heavy (non-hydrogen) atoms. The predicted molar refractivity (Wildman–Crippen MR) is 120 cm³/mol. The molecule has 0 bridgehead atoms. The van der Waals surface area contributed by atoms with Crippen molar-refractivity contribution in [1.29, 1.82) is 0 Å². The van der Waals surface area contributed by atoms with Crippen LogP contribution in [0.4, 0.5) is 0 Å². The predicted octanol–water partition coefficient (Wildman–Crippen LogP) is 3.09. The van der Waals surface area contributed by atoms with Gasteiger partial charge in [0.15, 0.2) is 18.1 Å². The Morgan fingerprint density at radius 2 is 1.87 bits per heavy atom. The molecule has 0 aliphatic carbocycles. The van der Waals surface area contributed by atoms with Gasteiger partial charge in [-0.1, -0.05) is 6.07 Å². The van der Waals surface area contributed by atoms with Gasteiger partial charge in [0.25, 0.3) is 11.8 Å². The molecule has 9 heteroatoms. The van der Waals surface area contributed by atoms with E-state index in [0.717, 1.165) is 15.7 Å². The van der Waals surface area contributed by atoms with Crippen molar-refractivity contribution in [2.24, 2.45) is 0 Å². The molecule has 2 N–H and O–H groups in total. The third-order valence-electron chi connectivity index (χ3n) is 4.36. The van der Waals surface area contributed by atoms with Crippen molar-refractivity contribution in [3.63, 3.8) is 0 Å². The monoisotopic (exact) mass is 486 g/mol. The Bertz CT molecular complexity index is 1050. The zero-order chi connectivity index (χ0) is 22.2. The number of carbonyl (C=O) groups is 2. The highest BCUT2D eigenvalue weighted by Crippen LogP contribution is 2.28. The topological polar surface area (TPSA) is 94.5 Å². The first-order valence-electron chi connectivity index (χ1n) is 9.65. The van der Waals surface area contributed by atoms with Crippen molar-refractivity contribution in [3.05, 3.63) is 70.5 Å². The fourth-order valence-corrected chi connectivity index (χ4v) is 3.11. The van der Waals surface area contributed by atoms with E-state index in [1.807, 2.05) is 31.3 Å². The minimum absolute atomic E-state index is 0.0915. The summed E-state index contributed by atoms with van der Waals surface area (Å²) in [6.07, 6.45) is 3.54. The summed E-state index contributed by atoms with van der Waals surface area (Å²) in [5, 5.41) is 9.77. The Balaban J connectivity index is 1.58. The molecular weight excluding hydrogens is 464 g/mol. The van der Waals surface area contributed by atoms with E-state index in [-0.39, 0.29) is 18.4 Å². The zero-order valence-electron chi connectivity index (χ0n) is 17.2. The number of nitrogens with one attached hydrogen (secondary N) is 2. The fraction of sp³-hybridized carbons (Fsp3) is 0.227. The van der Waals surface area contributed by atoms with Crippen LogP contribution in [0.2, 0.25) is 0 Å². The lowest BCUT2D eigenvalue weighted by molar-refractivity contribution is -0.123. The SMILES string of the molecule is CCNC(=O)COc1ccc(CNC(=O)c2ccc(-n3cc(Br)cn3)cc2)cc1OC. The zero-order valence-corrected chi connectivity index (χ0v) is 18.8. The largest absolute Gasteiger partial charge is 0.493 e. The summed E-state index contributed by atoms with van der Waals surface area (Å²) in [5.41, 5.74) is 2.24. The molecule has 0 saturated carbocycles. The summed E-state index contributed by atoms with van der Waals surface area (Å²) >= 11 is 3.36. The summed E-state index contributed by atoms with van der Waals surface area (Å²) in [6, 6.07) is 12.5. The second kappa shape index (κ2) is 10.6. The van der Waals surface area contributed by atoms with Crippen molar-refractivity contribution < 1.29 is 19.1 Å². The molecule has 1 aromatic heterocycles.